The fraction of sp³-hybridized carbons (Fsp3) is 0.857. The highest BCUT2D eigenvalue weighted by Gasteiger charge is 1.92. The van der Waals surface area contributed by atoms with Crippen molar-refractivity contribution >= 4 is 0 Å². The Bertz CT molecular complexity index is 149. The van der Waals surface area contributed by atoms with Crippen LogP contribution in [-0.2, 0) is 0 Å². The normalized spacial score (nSPS) is 12.1. The summed E-state index contributed by atoms with van der Waals surface area (Å²) in [6.45, 7) is 4.57. The van der Waals surface area contributed by atoms with Crippen molar-refractivity contribution in [1.29, 1.82) is 0 Å². The van der Waals surface area contributed by atoms with Gasteiger partial charge < -0.3 is 5.11 Å². The standard InChI is InChI=1S/C14H28O/c1-3-4-5-6-7-8-9-10-11-14(2)12-13-15/h12,15H,3-11,13H2,1-2H3/b14-12+. The van der Waals surface area contributed by atoms with Crippen molar-refractivity contribution in [3.63, 3.8) is 0 Å². The summed E-state index contributed by atoms with van der Waals surface area (Å²) in [4.78, 5) is 0. The van der Waals surface area contributed by atoms with Gasteiger partial charge in [-0.15, -0.1) is 0 Å². The van der Waals surface area contributed by atoms with Crippen molar-refractivity contribution in [2.45, 2.75) is 71.6 Å². The van der Waals surface area contributed by atoms with Crippen LogP contribution in [0.25, 0.3) is 0 Å². The summed E-state index contributed by atoms with van der Waals surface area (Å²) in [5, 5.41) is 8.68. The van der Waals surface area contributed by atoms with E-state index in [4.69, 9.17) is 5.11 Å². The molecule has 0 atom stereocenters. The van der Waals surface area contributed by atoms with Gasteiger partial charge in [0.1, 0.15) is 0 Å². The van der Waals surface area contributed by atoms with E-state index in [1.165, 1.54) is 56.9 Å². The summed E-state index contributed by atoms with van der Waals surface area (Å²) in [7, 11) is 0. The SMILES string of the molecule is CCCCCCCCCC/C(C)=C/CO. The molecule has 0 fully saturated rings. The number of unbranched alkanes of at least 4 members (excludes halogenated alkanes) is 7. The zero-order valence-corrected chi connectivity index (χ0v) is 10.6. The zero-order chi connectivity index (χ0) is 11.4. The average Bonchev–Trinajstić information content (AvgIpc) is 2.22. The predicted octanol–water partition coefficient (Wildman–Crippen LogP) is 4.46. The molecule has 0 unspecified atom stereocenters. The van der Waals surface area contributed by atoms with Gasteiger partial charge in [0, 0.05) is 0 Å². The van der Waals surface area contributed by atoms with E-state index in [2.05, 4.69) is 13.8 Å². The molecule has 0 spiro atoms. The molecule has 0 saturated carbocycles. The molecule has 0 aliphatic rings. The minimum absolute atomic E-state index is 0.197. The third kappa shape index (κ3) is 11.6. The first-order chi connectivity index (χ1) is 7.31. The van der Waals surface area contributed by atoms with Crippen LogP contribution in [0, 0.1) is 0 Å². The van der Waals surface area contributed by atoms with E-state index >= 15 is 0 Å². The smallest absolute Gasteiger partial charge is 0.0614 e. The number of hydrogen-bond acceptors (Lipinski definition) is 1. The molecule has 0 aliphatic carbocycles. The molecular formula is C14H28O. The van der Waals surface area contributed by atoms with Gasteiger partial charge in [-0.25, -0.2) is 0 Å². The molecule has 0 heterocycles. The van der Waals surface area contributed by atoms with Crippen molar-refractivity contribution in [2.24, 2.45) is 0 Å². The van der Waals surface area contributed by atoms with Gasteiger partial charge >= 0.3 is 0 Å². The average molecular weight is 212 g/mol. The Morgan fingerprint density at radius 1 is 0.933 bits per heavy atom. The highest BCUT2D eigenvalue weighted by molar-refractivity contribution is 4.97. The Balaban J connectivity index is 3.08. The Kier molecular flexibility index (Phi) is 11.5. The highest BCUT2D eigenvalue weighted by Crippen LogP contribution is 2.12. The van der Waals surface area contributed by atoms with Crippen molar-refractivity contribution in [2.75, 3.05) is 6.61 Å². The number of aliphatic hydroxyl groups excluding tert-OH is 1. The van der Waals surface area contributed by atoms with Crippen molar-refractivity contribution in [3.8, 4) is 0 Å². The van der Waals surface area contributed by atoms with Gasteiger partial charge in [0.2, 0.25) is 0 Å². The summed E-state index contributed by atoms with van der Waals surface area (Å²) in [5.74, 6) is 0. The molecule has 15 heavy (non-hydrogen) atoms. The zero-order valence-electron chi connectivity index (χ0n) is 10.6. The molecule has 0 aromatic heterocycles. The van der Waals surface area contributed by atoms with Crippen LogP contribution in [0.5, 0.6) is 0 Å². The van der Waals surface area contributed by atoms with Crippen molar-refractivity contribution in [3.05, 3.63) is 11.6 Å². The van der Waals surface area contributed by atoms with E-state index in [1.54, 1.807) is 0 Å². The fourth-order valence-electron chi connectivity index (χ4n) is 1.80. The second-order valence-corrected chi connectivity index (χ2v) is 4.46. The summed E-state index contributed by atoms with van der Waals surface area (Å²) >= 11 is 0. The molecule has 0 bridgehead atoms. The van der Waals surface area contributed by atoms with Crippen LogP contribution in [0.1, 0.15) is 71.6 Å². The minimum Gasteiger partial charge on any atom is -0.392 e. The first-order valence-corrected chi connectivity index (χ1v) is 6.57. The largest absolute Gasteiger partial charge is 0.392 e. The van der Waals surface area contributed by atoms with Crippen molar-refractivity contribution < 1.29 is 5.11 Å². The molecule has 90 valence electrons. The van der Waals surface area contributed by atoms with Crippen LogP contribution >= 0.6 is 0 Å². The molecule has 0 aromatic carbocycles. The van der Waals surface area contributed by atoms with Gasteiger partial charge in [0.15, 0.2) is 0 Å². The molecule has 0 aromatic rings. The number of rotatable bonds is 10. The first kappa shape index (κ1) is 14.7. The predicted molar refractivity (Wildman–Crippen MR) is 68.1 cm³/mol. The van der Waals surface area contributed by atoms with E-state index in [9.17, 15) is 0 Å². The molecule has 0 saturated heterocycles. The van der Waals surface area contributed by atoms with Gasteiger partial charge in [0.05, 0.1) is 6.61 Å². The lowest BCUT2D eigenvalue weighted by Crippen LogP contribution is -1.84. The van der Waals surface area contributed by atoms with E-state index in [0.29, 0.717) is 0 Å². The lowest BCUT2D eigenvalue weighted by atomic mass is 10.0. The van der Waals surface area contributed by atoms with Gasteiger partial charge in [-0.05, 0) is 19.8 Å². The highest BCUT2D eigenvalue weighted by atomic mass is 16.2. The van der Waals surface area contributed by atoms with Crippen LogP contribution in [0.2, 0.25) is 0 Å². The third-order valence-electron chi connectivity index (χ3n) is 2.86. The van der Waals surface area contributed by atoms with E-state index in [0.717, 1.165) is 6.42 Å². The van der Waals surface area contributed by atoms with Gasteiger partial charge in [-0.2, -0.15) is 0 Å². The van der Waals surface area contributed by atoms with Gasteiger partial charge in [-0.1, -0.05) is 63.5 Å². The lowest BCUT2D eigenvalue weighted by molar-refractivity contribution is 0.341. The minimum atomic E-state index is 0.197. The lowest BCUT2D eigenvalue weighted by Gasteiger charge is -2.02. The van der Waals surface area contributed by atoms with Crippen LogP contribution in [0.3, 0.4) is 0 Å². The van der Waals surface area contributed by atoms with E-state index < -0.39 is 0 Å². The molecule has 0 radical (unpaired) electrons. The molecule has 1 N–H and O–H groups in total. The van der Waals surface area contributed by atoms with Gasteiger partial charge in [0.25, 0.3) is 0 Å². The maximum atomic E-state index is 8.68. The monoisotopic (exact) mass is 212 g/mol. The second-order valence-electron chi connectivity index (χ2n) is 4.46. The molecule has 1 heteroatoms. The molecule has 0 aliphatic heterocycles. The maximum absolute atomic E-state index is 8.68. The number of aliphatic hydroxyl groups is 1. The first-order valence-electron chi connectivity index (χ1n) is 6.57. The summed E-state index contributed by atoms with van der Waals surface area (Å²) < 4.78 is 0. The van der Waals surface area contributed by atoms with Crippen LogP contribution < -0.4 is 0 Å². The summed E-state index contributed by atoms with van der Waals surface area (Å²) in [6, 6.07) is 0. The Hall–Kier alpha value is -0.300. The third-order valence-corrected chi connectivity index (χ3v) is 2.86. The molecule has 1 nitrogen and oxygen atoms in total. The number of hydrogen-bond donors (Lipinski definition) is 1. The second kappa shape index (κ2) is 11.8. The summed E-state index contributed by atoms with van der Waals surface area (Å²) in [6.07, 6.45) is 14.1. The quantitative estimate of drug-likeness (QED) is 0.419. The van der Waals surface area contributed by atoms with E-state index in [-0.39, 0.29) is 6.61 Å². The van der Waals surface area contributed by atoms with Crippen LogP contribution in [-0.4, -0.2) is 11.7 Å². The summed E-state index contributed by atoms with van der Waals surface area (Å²) in [5.41, 5.74) is 1.34. The van der Waals surface area contributed by atoms with Crippen LogP contribution in [0.4, 0.5) is 0 Å². The Labute approximate surface area is 95.6 Å². The Morgan fingerprint density at radius 3 is 2.00 bits per heavy atom. The van der Waals surface area contributed by atoms with Gasteiger partial charge in [-0.3, -0.25) is 0 Å². The number of allylic oxidation sites excluding steroid dienone is 1. The fourth-order valence-corrected chi connectivity index (χ4v) is 1.80. The van der Waals surface area contributed by atoms with Crippen LogP contribution in [0.15, 0.2) is 11.6 Å². The maximum Gasteiger partial charge on any atom is 0.0614 e. The molecular weight excluding hydrogens is 184 g/mol. The Morgan fingerprint density at radius 2 is 1.47 bits per heavy atom. The van der Waals surface area contributed by atoms with Crippen molar-refractivity contribution in [1.82, 2.24) is 0 Å². The topological polar surface area (TPSA) is 20.2 Å². The molecule has 0 rings (SSSR count). The van der Waals surface area contributed by atoms with E-state index in [1.807, 2.05) is 6.08 Å². The molecule has 0 amide bonds.